The molecule has 2 aromatic heterocycles. The molecule has 0 amide bonds. The molecule has 0 radical (unpaired) electrons. The first-order chi connectivity index (χ1) is 9.99. The molecule has 0 aliphatic rings. The Morgan fingerprint density at radius 1 is 1.33 bits per heavy atom. The molecule has 112 valence electrons. The van der Waals surface area contributed by atoms with Gasteiger partial charge in [0.1, 0.15) is 5.69 Å². The molecule has 0 spiro atoms. The lowest BCUT2D eigenvalue weighted by Crippen LogP contribution is -2.16. The fraction of sp³-hybridized carbons (Fsp3) is 0.182. The number of ether oxygens (including phenoxy) is 2. The third-order valence-corrected chi connectivity index (χ3v) is 5.10. The number of carbonyl (C=O) groups excluding carboxylic acids is 1. The Morgan fingerprint density at radius 2 is 2.10 bits per heavy atom. The topological polar surface area (TPSA) is 107 Å². The summed E-state index contributed by atoms with van der Waals surface area (Å²) in [5.74, 6) is -0.708. The highest BCUT2D eigenvalue weighted by atomic mass is 32.2. The number of esters is 1. The Bertz CT molecular complexity index is 757. The molecular formula is C11H11N3O5S2. The van der Waals surface area contributed by atoms with E-state index in [1.165, 1.54) is 24.9 Å². The maximum absolute atomic E-state index is 12.3. The van der Waals surface area contributed by atoms with Crippen molar-refractivity contribution >= 4 is 33.0 Å². The minimum atomic E-state index is -4.00. The van der Waals surface area contributed by atoms with Crippen LogP contribution in [0.3, 0.4) is 0 Å². The number of nitrogens with one attached hydrogen (secondary N) is 1. The molecule has 0 aliphatic carbocycles. The van der Waals surface area contributed by atoms with E-state index in [1.807, 2.05) is 0 Å². The minimum Gasteiger partial charge on any atom is -0.480 e. The standard InChI is InChI=1S/C11H11N3O5S2/c1-18-9-7(4-3-5-12-9)14-21(16,17)11-8(10(15)19-2)13-6-20-11/h3-6,14H,1-2H3. The second-order valence-corrected chi connectivity index (χ2v) is 6.38. The summed E-state index contributed by atoms with van der Waals surface area (Å²) in [6, 6.07) is 3.04. The monoisotopic (exact) mass is 329 g/mol. The smallest absolute Gasteiger partial charge is 0.358 e. The number of nitrogens with zero attached hydrogens (tertiary/aromatic N) is 2. The number of hydrogen-bond donors (Lipinski definition) is 1. The van der Waals surface area contributed by atoms with Crippen molar-refractivity contribution in [3.8, 4) is 5.88 Å². The zero-order valence-corrected chi connectivity index (χ0v) is 12.7. The zero-order valence-electron chi connectivity index (χ0n) is 11.1. The lowest BCUT2D eigenvalue weighted by atomic mass is 10.4. The number of thiazole rings is 1. The van der Waals surface area contributed by atoms with E-state index < -0.39 is 16.0 Å². The van der Waals surface area contributed by atoms with Crippen LogP contribution in [0.25, 0.3) is 0 Å². The van der Waals surface area contributed by atoms with E-state index in [2.05, 4.69) is 19.4 Å². The Kier molecular flexibility index (Phi) is 4.38. The molecule has 2 aromatic rings. The number of rotatable bonds is 5. The van der Waals surface area contributed by atoms with Gasteiger partial charge in [0, 0.05) is 6.20 Å². The van der Waals surface area contributed by atoms with Gasteiger partial charge < -0.3 is 9.47 Å². The Balaban J connectivity index is 2.40. The van der Waals surface area contributed by atoms with Crippen LogP contribution in [0.2, 0.25) is 0 Å². The van der Waals surface area contributed by atoms with Crippen LogP contribution in [-0.4, -0.2) is 38.6 Å². The highest BCUT2D eigenvalue weighted by Gasteiger charge is 2.27. The van der Waals surface area contributed by atoms with Gasteiger partial charge in [-0.2, -0.15) is 0 Å². The third-order valence-electron chi connectivity index (χ3n) is 2.37. The fourth-order valence-corrected chi connectivity index (χ4v) is 3.67. The van der Waals surface area contributed by atoms with Gasteiger partial charge in [-0.3, -0.25) is 4.72 Å². The molecule has 0 aliphatic heterocycles. The van der Waals surface area contributed by atoms with Crippen LogP contribution in [-0.2, 0) is 14.8 Å². The van der Waals surface area contributed by atoms with Gasteiger partial charge >= 0.3 is 5.97 Å². The first-order valence-corrected chi connectivity index (χ1v) is 7.89. The molecule has 2 rings (SSSR count). The number of pyridine rings is 1. The molecule has 0 bridgehead atoms. The average Bonchev–Trinajstić information content (AvgIpc) is 2.97. The van der Waals surface area contributed by atoms with E-state index in [0.29, 0.717) is 0 Å². The van der Waals surface area contributed by atoms with E-state index in [4.69, 9.17) is 4.74 Å². The predicted octanol–water partition coefficient (Wildman–Crippen LogP) is 1.13. The number of hydrogen-bond acceptors (Lipinski definition) is 8. The molecule has 0 unspecified atom stereocenters. The van der Waals surface area contributed by atoms with E-state index in [9.17, 15) is 13.2 Å². The van der Waals surface area contributed by atoms with E-state index in [-0.39, 0.29) is 21.5 Å². The quantitative estimate of drug-likeness (QED) is 0.819. The summed E-state index contributed by atoms with van der Waals surface area (Å²) in [5, 5.41) is 0. The van der Waals surface area contributed by atoms with Crippen molar-refractivity contribution in [3.63, 3.8) is 0 Å². The van der Waals surface area contributed by atoms with Crippen molar-refractivity contribution in [3.05, 3.63) is 29.5 Å². The summed E-state index contributed by atoms with van der Waals surface area (Å²) in [6.45, 7) is 0. The Labute approximate surface area is 124 Å². The van der Waals surface area contributed by atoms with Crippen molar-refractivity contribution in [2.24, 2.45) is 0 Å². The first kappa shape index (κ1) is 15.2. The summed E-state index contributed by atoms with van der Waals surface area (Å²) in [7, 11) is -1.49. The van der Waals surface area contributed by atoms with Crippen molar-refractivity contribution in [2.45, 2.75) is 4.21 Å². The Morgan fingerprint density at radius 3 is 2.76 bits per heavy atom. The number of aromatic nitrogens is 2. The van der Waals surface area contributed by atoms with Crippen molar-refractivity contribution in [2.75, 3.05) is 18.9 Å². The summed E-state index contributed by atoms with van der Waals surface area (Å²) in [6.07, 6.45) is 1.46. The number of carbonyl (C=O) groups is 1. The van der Waals surface area contributed by atoms with Gasteiger partial charge in [-0.05, 0) is 12.1 Å². The molecule has 0 fully saturated rings. The van der Waals surface area contributed by atoms with Crippen LogP contribution < -0.4 is 9.46 Å². The van der Waals surface area contributed by atoms with Crippen molar-refractivity contribution in [1.82, 2.24) is 9.97 Å². The molecule has 1 N–H and O–H groups in total. The lowest BCUT2D eigenvalue weighted by Gasteiger charge is -2.09. The highest BCUT2D eigenvalue weighted by molar-refractivity contribution is 7.94. The van der Waals surface area contributed by atoms with E-state index in [1.54, 1.807) is 6.07 Å². The number of methoxy groups -OCH3 is 2. The van der Waals surface area contributed by atoms with Crippen LogP contribution in [0.5, 0.6) is 5.88 Å². The van der Waals surface area contributed by atoms with Crippen LogP contribution >= 0.6 is 11.3 Å². The summed E-state index contributed by atoms with van der Waals surface area (Å²) >= 11 is 0.809. The molecule has 21 heavy (non-hydrogen) atoms. The van der Waals surface area contributed by atoms with Crippen LogP contribution in [0.4, 0.5) is 5.69 Å². The van der Waals surface area contributed by atoms with Gasteiger partial charge in [-0.15, -0.1) is 11.3 Å². The van der Waals surface area contributed by atoms with Crippen molar-refractivity contribution in [1.29, 1.82) is 0 Å². The summed E-state index contributed by atoms with van der Waals surface area (Å²) < 4.78 is 36.2. The Hall–Kier alpha value is -2.20. The maximum atomic E-state index is 12.3. The van der Waals surface area contributed by atoms with Crippen LogP contribution in [0.1, 0.15) is 10.5 Å². The van der Waals surface area contributed by atoms with Crippen LogP contribution in [0.15, 0.2) is 28.0 Å². The molecular weight excluding hydrogens is 318 g/mol. The van der Waals surface area contributed by atoms with E-state index in [0.717, 1.165) is 18.4 Å². The summed E-state index contributed by atoms with van der Waals surface area (Å²) in [5.41, 5.74) is 1.14. The fourth-order valence-electron chi connectivity index (χ4n) is 1.48. The first-order valence-electron chi connectivity index (χ1n) is 5.53. The van der Waals surface area contributed by atoms with Gasteiger partial charge in [0.25, 0.3) is 10.0 Å². The molecule has 0 saturated heterocycles. The zero-order chi connectivity index (χ0) is 15.5. The highest BCUT2D eigenvalue weighted by Crippen LogP contribution is 2.27. The van der Waals surface area contributed by atoms with Crippen LogP contribution in [0, 0.1) is 0 Å². The third kappa shape index (κ3) is 3.11. The number of sulfonamides is 1. The second kappa shape index (κ2) is 6.06. The summed E-state index contributed by atoms with van der Waals surface area (Å²) in [4.78, 5) is 19.1. The molecule has 0 saturated carbocycles. The predicted molar refractivity (Wildman–Crippen MR) is 75.1 cm³/mol. The van der Waals surface area contributed by atoms with Gasteiger partial charge in [0.2, 0.25) is 5.88 Å². The molecule has 8 nitrogen and oxygen atoms in total. The minimum absolute atomic E-state index is 0.116. The van der Waals surface area contributed by atoms with Gasteiger partial charge in [0.15, 0.2) is 9.90 Å². The van der Waals surface area contributed by atoms with E-state index >= 15 is 0 Å². The maximum Gasteiger partial charge on any atom is 0.358 e. The SMILES string of the molecule is COC(=O)c1ncsc1S(=O)(=O)Nc1cccnc1OC. The van der Waals surface area contributed by atoms with Gasteiger partial charge in [-0.1, -0.05) is 0 Å². The van der Waals surface area contributed by atoms with Crippen molar-refractivity contribution < 1.29 is 22.7 Å². The molecule has 2 heterocycles. The molecule has 0 atom stereocenters. The van der Waals surface area contributed by atoms with Gasteiger partial charge in [-0.25, -0.2) is 23.2 Å². The largest absolute Gasteiger partial charge is 0.480 e. The number of anilines is 1. The normalized spacial score (nSPS) is 11.0. The molecule has 0 aromatic carbocycles. The second-order valence-electron chi connectivity index (χ2n) is 3.65. The van der Waals surface area contributed by atoms with Gasteiger partial charge in [0.05, 0.1) is 19.7 Å². The average molecular weight is 329 g/mol. The lowest BCUT2D eigenvalue weighted by molar-refractivity contribution is 0.0590. The molecule has 10 heteroatoms.